The minimum atomic E-state index is -3.31. The molecule has 0 aliphatic heterocycles. The molecule has 0 heterocycles. The van der Waals surface area contributed by atoms with Crippen LogP contribution in [0.4, 0.5) is 13.2 Å². The SMILES string of the molecule is COc1ccc(C(F)CC(F)(F)c2ccc(C#N)cc2)cc1. The molecule has 0 aromatic heterocycles. The first-order valence-corrected chi connectivity index (χ1v) is 6.63. The first-order valence-electron chi connectivity index (χ1n) is 6.63. The second-order valence-corrected chi connectivity index (χ2v) is 4.84. The maximum atomic E-state index is 14.1. The highest BCUT2D eigenvalue weighted by atomic mass is 19.3. The lowest BCUT2D eigenvalue weighted by Gasteiger charge is -2.19. The molecule has 0 amide bonds. The number of ether oxygens (including phenoxy) is 1. The summed E-state index contributed by atoms with van der Waals surface area (Å²) in [6.07, 6.45) is -2.75. The maximum absolute atomic E-state index is 14.1. The van der Waals surface area contributed by atoms with Crippen molar-refractivity contribution < 1.29 is 17.9 Å². The smallest absolute Gasteiger partial charge is 0.276 e. The second kappa shape index (κ2) is 6.52. The van der Waals surface area contributed by atoms with Crippen molar-refractivity contribution in [1.29, 1.82) is 5.26 Å². The molecule has 0 aliphatic rings. The number of nitrogens with zero attached hydrogens (tertiary/aromatic N) is 1. The summed E-state index contributed by atoms with van der Waals surface area (Å²) in [5, 5.41) is 8.66. The fourth-order valence-corrected chi connectivity index (χ4v) is 2.06. The van der Waals surface area contributed by atoms with Crippen molar-refractivity contribution in [3.63, 3.8) is 0 Å². The van der Waals surface area contributed by atoms with E-state index in [1.165, 1.54) is 43.5 Å². The Morgan fingerprint density at radius 2 is 1.68 bits per heavy atom. The third-order valence-electron chi connectivity index (χ3n) is 3.35. The molecule has 0 bridgehead atoms. The number of rotatable bonds is 5. The minimum Gasteiger partial charge on any atom is -0.497 e. The molecule has 0 fully saturated rings. The number of alkyl halides is 3. The third kappa shape index (κ3) is 3.59. The molecule has 0 saturated carbocycles. The van der Waals surface area contributed by atoms with Crippen LogP contribution in [0.2, 0.25) is 0 Å². The van der Waals surface area contributed by atoms with Crippen LogP contribution in [-0.4, -0.2) is 7.11 Å². The van der Waals surface area contributed by atoms with E-state index in [2.05, 4.69) is 0 Å². The van der Waals surface area contributed by atoms with Gasteiger partial charge in [0.1, 0.15) is 11.9 Å². The Morgan fingerprint density at radius 3 is 2.18 bits per heavy atom. The van der Waals surface area contributed by atoms with Gasteiger partial charge in [-0.2, -0.15) is 5.26 Å². The Hall–Kier alpha value is -2.48. The number of nitriles is 1. The van der Waals surface area contributed by atoms with E-state index >= 15 is 0 Å². The lowest BCUT2D eigenvalue weighted by Crippen LogP contribution is -2.16. The number of halogens is 3. The molecule has 0 spiro atoms. The number of hydrogen-bond acceptors (Lipinski definition) is 2. The Labute approximate surface area is 126 Å². The number of methoxy groups -OCH3 is 1. The quantitative estimate of drug-likeness (QED) is 0.798. The first-order chi connectivity index (χ1) is 10.5. The van der Waals surface area contributed by atoms with Gasteiger partial charge in [-0.3, -0.25) is 0 Å². The lowest BCUT2D eigenvalue weighted by atomic mass is 9.98. The van der Waals surface area contributed by atoms with Crippen LogP contribution < -0.4 is 4.74 Å². The van der Waals surface area contributed by atoms with E-state index in [1.54, 1.807) is 0 Å². The Kier molecular flexibility index (Phi) is 4.71. The van der Waals surface area contributed by atoms with Crippen LogP contribution >= 0.6 is 0 Å². The van der Waals surface area contributed by atoms with Crippen molar-refractivity contribution >= 4 is 0 Å². The van der Waals surface area contributed by atoms with Gasteiger partial charge in [-0.15, -0.1) is 0 Å². The van der Waals surface area contributed by atoms with Crippen molar-refractivity contribution in [3.05, 3.63) is 65.2 Å². The molecule has 0 saturated heterocycles. The van der Waals surface area contributed by atoms with E-state index in [1.807, 2.05) is 6.07 Å². The van der Waals surface area contributed by atoms with Crippen LogP contribution in [0.5, 0.6) is 5.75 Å². The monoisotopic (exact) mass is 305 g/mol. The normalized spacial score (nSPS) is 12.5. The molecule has 2 rings (SSSR count). The van der Waals surface area contributed by atoms with Gasteiger partial charge in [-0.05, 0) is 29.8 Å². The zero-order chi connectivity index (χ0) is 16.2. The highest BCUT2D eigenvalue weighted by Crippen LogP contribution is 2.39. The van der Waals surface area contributed by atoms with Crippen LogP contribution in [0, 0.1) is 11.3 Å². The van der Waals surface area contributed by atoms with Crippen molar-refractivity contribution in [3.8, 4) is 11.8 Å². The molecule has 2 aromatic rings. The fraction of sp³-hybridized carbons (Fsp3) is 0.235. The average Bonchev–Trinajstić information content (AvgIpc) is 2.54. The van der Waals surface area contributed by atoms with Crippen LogP contribution in [-0.2, 0) is 5.92 Å². The van der Waals surface area contributed by atoms with Crippen molar-refractivity contribution in [2.45, 2.75) is 18.5 Å². The van der Waals surface area contributed by atoms with E-state index in [4.69, 9.17) is 10.00 Å². The van der Waals surface area contributed by atoms with Gasteiger partial charge in [0.25, 0.3) is 5.92 Å². The molecule has 1 atom stereocenters. The summed E-state index contributed by atoms with van der Waals surface area (Å²) in [5.74, 6) is -2.78. The summed E-state index contributed by atoms with van der Waals surface area (Å²) in [4.78, 5) is 0. The maximum Gasteiger partial charge on any atom is 0.276 e. The van der Waals surface area contributed by atoms with Crippen LogP contribution in [0.3, 0.4) is 0 Å². The highest BCUT2D eigenvalue weighted by Gasteiger charge is 2.35. The predicted molar refractivity (Wildman–Crippen MR) is 76.5 cm³/mol. The topological polar surface area (TPSA) is 33.0 Å². The van der Waals surface area contributed by atoms with Crippen molar-refractivity contribution in [1.82, 2.24) is 0 Å². The third-order valence-corrected chi connectivity index (χ3v) is 3.35. The fourth-order valence-electron chi connectivity index (χ4n) is 2.06. The van der Waals surface area contributed by atoms with Crippen molar-refractivity contribution in [2.75, 3.05) is 7.11 Å². The Balaban J connectivity index is 2.13. The van der Waals surface area contributed by atoms with Crippen LogP contribution in [0.1, 0.15) is 29.3 Å². The summed E-state index contributed by atoms with van der Waals surface area (Å²) in [6.45, 7) is 0. The molecule has 114 valence electrons. The average molecular weight is 305 g/mol. The summed E-state index contributed by atoms with van der Waals surface area (Å²) in [6, 6.07) is 12.7. The summed E-state index contributed by atoms with van der Waals surface area (Å²) in [7, 11) is 1.47. The number of benzene rings is 2. The standard InChI is InChI=1S/C17H14F3NO/c1-22-15-8-4-13(5-9-15)16(18)10-17(19,20)14-6-2-12(11-21)3-7-14/h2-9,16H,10H2,1H3. The molecule has 2 aromatic carbocycles. The summed E-state index contributed by atoms with van der Waals surface area (Å²) < 4.78 is 47.3. The van der Waals surface area contributed by atoms with Gasteiger partial charge in [-0.1, -0.05) is 24.3 Å². The van der Waals surface area contributed by atoms with E-state index in [-0.39, 0.29) is 16.7 Å². The molecule has 5 heteroatoms. The molecule has 22 heavy (non-hydrogen) atoms. The number of hydrogen-bond donors (Lipinski definition) is 0. The zero-order valence-corrected chi connectivity index (χ0v) is 11.9. The predicted octanol–water partition coefficient (Wildman–Crippen LogP) is 4.76. The van der Waals surface area contributed by atoms with Crippen LogP contribution in [0.15, 0.2) is 48.5 Å². The molecule has 2 nitrogen and oxygen atoms in total. The van der Waals surface area contributed by atoms with Gasteiger partial charge >= 0.3 is 0 Å². The molecule has 0 N–H and O–H groups in total. The molecular formula is C17H14F3NO. The summed E-state index contributed by atoms with van der Waals surface area (Å²) >= 11 is 0. The van der Waals surface area contributed by atoms with E-state index in [0.717, 1.165) is 12.1 Å². The van der Waals surface area contributed by atoms with Gasteiger partial charge in [0.2, 0.25) is 0 Å². The molecule has 1 unspecified atom stereocenters. The highest BCUT2D eigenvalue weighted by molar-refractivity contribution is 5.34. The van der Waals surface area contributed by atoms with E-state index in [9.17, 15) is 13.2 Å². The Bertz CT molecular complexity index is 660. The van der Waals surface area contributed by atoms with Crippen LogP contribution in [0.25, 0.3) is 0 Å². The Morgan fingerprint density at radius 1 is 1.09 bits per heavy atom. The van der Waals surface area contributed by atoms with E-state index < -0.39 is 18.5 Å². The van der Waals surface area contributed by atoms with Gasteiger partial charge in [0.05, 0.1) is 25.2 Å². The second-order valence-electron chi connectivity index (χ2n) is 4.84. The zero-order valence-electron chi connectivity index (χ0n) is 11.9. The van der Waals surface area contributed by atoms with Gasteiger partial charge in [0.15, 0.2) is 0 Å². The molecule has 0 radical (unpaired) electrons. The van der Waals surface area contributed by atoms with E-state index in [0.29, 0.717) is 5.75 Å². The molecule has 0 aliphatic carbocycles. The first kappa shape index (κ1) is 15.9. The largest absolute Gasteiger partial charge is 0.497 e. The van der Waals surface area contributed by atoms with Gasteiger partial charge in [-0.25, -0.2) is 13.2 Å². The minimum absolute atomic E-state index is 0.175. The van der Waals surface area contributed by atoms with Gasteiger partial charge in [0, 0.05) is 5.56 Å². The summed E-state index contributed by atoms with van der Waals surface area (Å²) in [5.41, 5.74) is 0.156. The lowest BCUT2D eigenvalue weighted by molar-refractivity contribution is -0.0347. The molecular weight excluding hydrogens is 291 g/mol. The van der Waals surface area contributed by atoms with Gasteiger partial charge < -0.3 is 4.74 Å². The van der Waals surface area contributed by atoms with Crippen molar-refractivity contribution in [2.24, 2.45) is 0 Å².